The van der Waals surface area contributed by atoms with Gasteiger partial charge in [-0.1, -0.05) is 30.3 Å². The second-order valence-electron chi connectivity index (χ2n) is 6.11. The minimum atomic E-state index is -0.201. The van der Waals surface area contributed by atoms with E-state index in [-0.39, 0.29) is 6.03 Å². The third-order valence-corrected chi connectivity index (χ3v) is 4.40. The van der Waals surface area contributed by atoms with Crippen molar-refractivity contribution in [3.05, 3.63) is 59.7 Å². The van der Waals surface area contributed by atoms with E-state index in [0.717, 1.165) is 43.2 Å². The van der Waals surface area contributed by atoms with Gasteiger partial charge in [0.15, 0.2) is 0 Å². The Balaban J connectivity index is 1.45. The zero-order chi connectivity index (χ0) is 18.2. The lowest BCUT2D eigenvalue weighted by Gasteiger charge is -2.28. The summed E-state index contributed by atoms with van der Waals surface area (Å²) >= 11 is 0. The summed E-state index contributed by atoms with van der Waals surface area (Å²) in [4.78, 5) is 14.3. The van der Waals surface area contributed by atoms with Crippen LogP contribution in [0, 0.1) is 0 Å². The standard InChI is InChI=1S/C20H25N3O3/c1-25-19-5-3-2-4-17(19)15-22-20(24)21-14-16-6-8-18(9-7-16)23-10-12-26-13-11-23/h2-9H,10-15H2,1H3,(H2,21,22,24). The van der Waals surface area contributed by atoms with Crippen molar-refractivity contribution in [1.29, 1.82) is 0 Å². The monoisotopic (exact) mass is 355 g/mol. The van der Waals surface area contributed by atoms with E-state index in [4.69, 9.17) is 9.47 Å². The molecule has 6 nitrogen and oxygen atoms in total. The molecule has 26 heavy (non-hydrogen) atoms. The fraction of sp³-hybridized carbons (Fsp3) is 0.350. The molecule has 0 bridgehead atoms. The fourth-order valence-corrected chi connectivity index (χ4v) is 2.92. The zero-order valence-electron chi connectivity index (χ0n) is 15.0. The summed E-state index contributed by atoms with van der Waals surface area (Å²) in [6.45, 7) is 4.30. The van der Waals surface area contributed by atoms with Gasteiger partial charge in [-0.3, -0.25) is 0 Å². The van der Waals surface area contributed by atoms with Crippen molar-refractivity contribution in [3.63, 3.8) is 0 Å². The van der Waals surface area contributed by atoms with E-state index in [1.165, 1.54) is 5.69 Å². The Labute approximate surface area is 154 Å². The highest BCUT2D eigenvalue weighted by atomic mass is 16.5. The number of amides is 2. The molecule has 2 N–H and O–H groups in total. The van der Waals surface area contributed by atoms with E-state index in [1.54, 1.807) is 7.11 Å². The number of methoxy groups -OCH3 is 1. The number of nitrogens with zero attached hydrogens (tertiary/aromatic N) is 1. The average Bonchev–Trinajstić information content (AvgIpc) is 2.72. The number of benzene rings is 2. The van der Waals surface area contributed by atoms with E-state index in [2.05, 4.69) is 27.7 Å². The highest BCUT2D eigenvalue weighted by Gasteiger charge is 2.11. The van der Waals surface area contributed by atoms with Gasteiger partial charge in [-0.2, -0.15) is 0 Å². The van der Waals surface area contributed by atoms with Crippen LogP contribution in [0.3, 0.4) is 0 Å². The normalized spacial score (nSPS) is 14.0. The van der Waals surface area contributed by atoms with Gasteiger partial charge in [-0.25, -0.2) is 4.79 Å². The van der Waals surface area contributed by atoms with Gasteiger partial charge in [0.05, 0.1) is 20.3 Å². The molecule has 0 aromatic heterocycles. The molecule has 0 unspecified atom stereocenters. The van der Waals surface area contributed by atoms with E-state index in [0.29, 0.717) is 13.1 Å². The molecule has 6 heteroatoms. The predicted molar refractivity (Wildman–Crippen MR) is 102 cm³/mol. The lowest BCUT2D eigenvalue weighted by Crippen LogP contribution is -2.36. The number of rotatable bonds is 6. The minimum Gasteiger partial charge on any atom is -0.496 e. The Morgan fingerprint density at radius 3 is 2.46 bits per heavy atom. The first-order valence-electron chi connectivity index (χ1n) is 8.81. The molecule has 2 aromatic carbocycles. The summed E-state index contributed by atoms with van der Waals surface area (Å²) in [5.74, 6) is 0.770. The van der Waals surface area contributed by atoms with Crippen LogP contribution < -0.4 is 20.3 Å². The number of para-hydroxylation sites is 1. The van der Waals surface area contributed by atoms with E-state index in [1.807, 2.05) is 36.4 Å². The van der Waals surface area contributed by atoms with Crippen LogP contribution in [0.1, 0.15) is 11.1 Å². The predicted octanol–water partition coefficient (Wildman–Crippen LogP) is 2.53. The molecule has 1 aliphatic rings. The first-order valence-corrected chi connectivity index (χ1v) is 8.81. The van der Waals surface area contributed by atoms with Gasteiger partial charge in [0.25, 0.3) is 0 Å². The Hall–Kier alpha value is -2.73. The van der Waals surface area contributed by atoms with Gasteiger partial charge >= 0.3 is 6.03 Å². The summed E-state index contributed by atoms with van der Waals surface area (Å²) in [5, 5.41) is 5.74. The van der Waals surface area contributed by atoms with Crippen molar-refractivity contribution in [2.75, 3.05) is 38.3 Å². The number of morpholine rings is 1. The Kier molecular flexibility index (Phi) is 6.33. The highest BCUT2D eigenvalue weighted by Crippen LogP contribution is 2.17. The molecule has 0 radical (unpaired) electrons. The number of hydrogen-bond donors (Lipinski definition) is 2. The number of anilines is 1. The summed E-state index contributed by atoms with van der Waals surface area (Å²) in [6.07, 6.45) is 0. The molecule has 138 valence electrons. The first kappa shape index (κ1) is 18.1. The number of urea groups is 1. The van der Waals surface area contributed by atoms with Crippen molar-refractivity contribution in [3.8, 4) is 5.75 Å². The lowest BCUT2D eigenvalue weighted by molar-refractivity contribution is 0.122. The van der Waals surface area contributed by atoms with Gasteiger partial charge in [0, 0.05) is 37.4 Å². The Morgan fingerprint density at radius 2 is 1.73 bits per heavy atom. The molecule has 0 spiro atoms. The second-order valence-corrected chi connectivity index (χ2v) is 6.11. The van der Waals surface area contributed by atoms with Crippen molar-refractivity contribution >= 4 is 11.7 Å². The fourth-order valence-electron chi connectivity index (χ4n) is 2.92. The SMILES string of the molecule is COc1ccccc1CNC(=O)NCc1ccc(N2CCOCC2)cc1. The number of nitrogens with one attached hydrogen (secondary N) is 2. The van der Waals surface area contributed by atoms with Gasteiger partial charge in [-0.05, 0) is 23.8 Å². The molecule has 1 aliphatic heterocycles. The summed E-state index contributed by atoms with van der Waals surface area (Å²) < 4.78 is 10.7. The quantitative estimate of drug-likeness (QED) is 0.836. The van der Waals surface area contributed by atoms with Crippen LogP contribution in [0.2, 0.25) is 0 Å². The average molecular weight is 355 g/mol. The van der Waals surface area contributed by atoms with Gasteiger partial charge < -0.3 is 25.0 Å². The molecule has 1 saturated heterocycles. The minimum absolute atomic E-state index is 0.201. The van der Waals surface area contributed by atoms with Gasteiger partial charge in [-0.15, -0.1) is 0 Å². The van der Waals surface area contributed by atoms with E-state index >= 15 is 0 Å². The molecule has 1 fully saturated rings. The van der Waals surface area contributed by atoms with E-state index in [9.17, 15) is 4.79 Å². The number of carbonyl (C=O) groups is 1. The molecule has 3 rings (SSSR count). The summed E-state index contributed by atoms with van der Waals surface area (Å²) in [7, 11) is 1.62. The molecule has 1 heterocycles. The highest BCUT2D eigenvalue weighted by molar-refractivity contribution is 5.74. The topological polar surface area (TPSA) is 62.8 Å². The van der Waals surface area contributed by atoms with Crippen LogP contribution in [-0.2, 0) is 17.8 Å². The summed E-state index contributed by atoms with van der Waals surface area (Å²) in [5.41, 5.74) is 3.20. The maximum atomic E-state index is 12.0. The smallest absolute Gasteiger partial charge is 0.315 e. The molecular weight excluding hydrogens is 330 g/mol. The van der Waals surface area contributed by atoms with Crippen LogP contribution in [-0.4, -0.2) is 39.4 Å². The van der Waals surface area contributed by atoms with Crippen LogP contribution in [0.25, 0.3) is 0 Å². The number of hydrogen-bond acceptors (Lipinski definition) is 4. The maximum absolute atomic E-state index is 12.0. The molecule has 0 aliphatic carbocycles. The molecular formula is C20H25N3O3. The van der Waals surface area contributed by atoms with Crippen molar-refractivity contribution in [2.24, 2.45) is 0 Å². The van der Waals surface area contributed by atoms with Crippen molar-refractivity contribution < 1.29 is 14.3 Å². The largest absolute Gasteiger partial charge is 0.496 e. The van der Waals surface area contributed by atoms with Gasteiger partial charge in [0.1, 0.15) is 5.75 Å². The molecule has 0 atom stereocenters. The molecule has 0 saturated carbocycles. The second kappa shape index (κ2) is 9.10. The number of ether oxygens (including phenoxy) is 2. The first-order chi connectivity index (χ1) is 12.8. The Morgan fingerprint density at radius 1 is 1.04 bits per heavy atom. The summed E-state index contributed by atoms with van der Waals surface area (Å²) in [6, 6.07) is 15.7. The maximum Gasteiger partial charge on any atom is 0.315 e. The Bertz CT molecular complexity index is 712. The third-order valence-electron chi connectivity index (χ3n) is 4.40. The van der Waals surface area contributed by atoms with Crippen molar-refractivity contribution in [2.45, 2.75) is 13.1 Å². The molecule has 2 amide bonds. The van der Waals surface area contributed by atoms with Crippen LogP contribution in [0.5, 0.6) is 5.75 Å². The lowest BCUT2D eigenvalue weighted by atomic mass is 10.2. The van der Waals surface area contributed by atoms with Crippen LogP contribution >= 0.6 is 0 Å². The van der Waals surface area contributed by atoms with Crippen molar-refractivity contribution in [1.82, 2.24) is 10.6 Å². The van der Waals surface area contributed by atoms with Crippen LogP contribution in [0.4, 0.5) is 10.5 Å². The van der Waals surface area contributed by atoms with E-state index < -0.39 is 0 Å². The number of carbonyl (C=O) groups excluding carboxylic acids is 1. The zero-order valence-corrected chi connectivity index (χ0v) is 15.0. The molecule has 2 aromatic rings. The van der Waals surface area contributed by atoms with Crippen LogP contribution in [0.15, 0.2) is 48.5 Å². The third kappa shape index (κ3) is 4.89. The van der Waals surface area contributed by atoms with Gasteiger partial charge in [0.2, 0.25) is 0 Å².